The van der Waals surface area contributed by atoms with E-state index in [0.717, 1.165) is 24.2 Å². The lowest BCUT2D eigenvalue weighted by Gasteiger charge is -2.28. The molecule has 0 spiro atoms. The van der Waals surface area contributed by atoms with E-state index in [1.165, 1.54) is 0 Å². The second kappa shape index (κ2) is 6.37. The topological polar surface area (TPSA) is 43.8 Å². The second-order valence-electron chi connectivity index (χ2n) is 5.78. The Labute approximate surface area is 121 Å². The van der Waals surface area contributed by atoms with Crippen LogP contribution in [0.5, 0.6) is 0 Å². The lowest BCUT2D eigenvalue weighted by molar-refractivity contribution is 0.0988. The van der Waals surface area contributed by atoms with Crippen molar-refractivity contribution < 1.29 is 9.90 Å². The van der Waals surface area contributed by atoms with Crippen molar-refractivity contribution in [1.29, 1.82) is 0 Å². The average Bonchev–Trinajstić information content (AvgIpc) is 2.78. The summed E-state index contributed by atoms with van der Waals surface area (Å²) in [4.78, 5) is 16.0. The third kappa shape index (κ3) is 3.38. The fourth-order valence-corrected chi connectivity index (χ4v) is 2.85. The lowest BCUT2D eigenvalue weighted by atomic mass is 10.1. The minimum absolute atomic E-state index is 0.169. The summed E-state index contributed by atoms with van der Waals surface area (Å²) in [5.41, 5.74) is 1.85. The Kier molecular flexibility index (Phi) is 4.78. The van der Waals surface area contributed by atoms with Crippen LogP contribution in [-0.4, -0.2) is 55.1 Å². The number of Topliss-reactive ketones (excluding diaryl/α,β-unsaturated/α-hetero) is 1. The number of aliphatic hydroxyl groups is 1. The molecular weight excluding hydrogens is 252 g/mol. The number of hydrogen-bond donors (Lipinski definition) is 1. The number of nitrogens with zero attached hydrogens (tertiary/aromatic N) is 2. The Balaban J connectivity index is 2.14. The van der Waals surface area contributed by atoms with Gasteiger partial charge in [-0.1, -0.05) is 6.92 Å². The molecule has 0 saturated carbocycles. The molecule has 0 radical (unpaired) electrons. The summed E-state index contributed by atoms with van der Waals surface area (Å²) in [6.45, 7) is 3.46. The van der Waals surface area contributed by atoms with E-state index in [2.05, 4.69) is 9.80 Å². The van der Waals surface area contributed by atoms with Gasteiger partial charge in [-0.3, -0.25) is 4.79 Å². The molecule has 4 heteroatoms. The van der Waals surface area contributed by atoms with Crippen LogP contribution < -0.4 is 4.90 Å². The van der Waals surface area contributed by atoms with Gasteiger partial charge in [-0.2, -0.15) is 0 Å². The van der Waals surface area contributed by atoms with Crippen molar-refractivity contribution in [2.45, 2.75) is 31.9 Å². The number of anilines is 1. The van der Waals surface area contributed by atoms with Gasteiger partial charge in [0, 0.05) is 36.8 Å². The highest BCUT2D eigenvalue weighted by molar-refractivity contribution is 5.96. The Hall–Kier alpha value is -1.39. The average molecular weight is 276 g/mol. The van der Waals surface area contributed by atoms with E-state index in [9.17, 15) is 9.90 Å². The normalized spacial score (nSPS) is 22.6. The summed E-state index contributed by atoms with van der Waals surface area (Å²) in [7, 11) is 4.10. The van der Waals surface area contributed by atoms with Crippen LogP contribution in [0.25, 0.3) is 0 Å². The summed E-state index contributed by atoms with van der Waals surface area (Å²) in [5, 5.41) is 9.91. The zero-order valence-corrected chi connectivity index (χ0v) is 12.5. The van der Waals surface area contributed by atoms with Gasteiger partial charge in [0.2, 0.25) is 0 Å². The van der Waals surface area contributed by atoms with Crippen molar-refractivity contribution in [3.8, 4) is 0 Å². The molecule has 0 aromatic heterocycles. The fourth-order valence-electron chi connectivity index (χ4n) is 2.85. The first-order valence-corrected chi connectivity index (χ1v) is 7.24. The van der Waals surface area contributed by atoms with Crippen LogP contribution in [-0.2, 0) is 0 Å². The van der Waals surface area contributed by atoms with E-state index in [1.807, 2.05) is 45.3 Å². The largest absolute Gasteiger partial charge is 0.391 e. The number of benzene rings is 1. The number of carbonyl (C=O) groups is 1. The molecule has 1 N–H and O–H groups in total. The molecule has 1 aromatic rings. The molecular formula is C16H24N2O2. The monoisotopic (exact) mass is 276 g/mol. The molecule has 1 aromatic carbocycles. The summed E-state index contributed by atoms with van der Waals surface area (Å²) in [5.74, 6) is 0.169. The third-order valence-corrected chi connectivity index (χ3v) is 3.81. The molecule has 1 aliphatic rings. The van der Waals surface area contributed by atoms with E-state index in [-0.39, 0.29) is 11.9 Å². The lowest BCUT2D eigenvalue weighted by Crippen LogP contribution is -2.37. The highest BCUT2D eigenvalue weighted by Crippen LogP contribution is 2.26. The maximum Gasteiger partial charge on any atom is 0.162 e. The van der Waals surface area contributed by atoms with E-state index >= 15 is 0 Å². The van der Waals surface area contributed by atoms with Crippen LogP contribution in [0.4, 0.5) is 5.69 Å². The molecule has 20 heavy (non-hydrogen) atoms. The quantitative estimate of drug-likeness (QED) is 0.833. The van der Waals surface area contributed by atoms with E-state index in [1.54, 1.807) is 0 Å². The van der Waals surface area contributed by atoms with Crippen LogP contribution in [0, 0.1) is 0 Å². The standard InChI is InChI=1S/C16H24N2O2/c1-4-16(20)12-5-7-13(8-6-12)18-11-15(19)9-14(18)10-17(2)3/h5-8,14-15,19H,4,9-11H2,1-3H3. The number of likely N-dealkylation sites (N-methyl/N-ethyl adjacent to an activating group) is 1. The molecule has 1 fully saturated rings. The minimum atomic E-state index is -0.267. The van der Waals surface area contributed by atoms with E-state index in [0.29, 0.717) is 19.0 Å². The number of β-amino-alcohol motifs (C(OH)–C–C–N with tert-alkyl or cyclic N) is 1. The fraction of sp³-hybridized carbons (Fsp3) is 0.562. The van der Waals surface area contributed by atoms with Gasteiger partial charge in [-0.25, -0.2) is 0 Å². The first-order chi connectivity index (χ1) is 9.51. The van der Waals surface area contributed by atoms with Gasteiger partial charge >= 0.3 is 0 Å². The van der Waals surface area contributed by atoms with Gasteiger partial charge in [0.05, 0.1) is 6.10 Å². The molecule has 110 valence electrons. The molecule has 1 saturated heterocycles. The van der Waals surface area contributed by atoms with Crippen molar-refractivity contribution in [3.63, 3.8) is 0 Å². The van der Waals surface area contributed by atoms with Gasteiger partial charge in [-0.05, 0) is 44.8 Å². The second-order valence-corrected chi connectivity index (χ2v) is 5.78. The number of carbonyl (C=O) groups excluding carboxylic acids is 1. The van der Waals surface area contributed by atoms with Crippen LogP contribution in [0.2, 0.25) is 0 Å². The zero-order valence-electron chi connectivity index (χ0n) is 12.5. The van der Waals surface area contributed by atoms with Crippen LogP contribution in [0.15, 0.2) is 24.3 Å². The van der Waals surface area contributed by atoms with E-state index in [4.69, 9.17) is 0 Å². The number of rotatable bonds is 5. The third-order valence-electron chi connectivity index (χ3n) is 3.81. The molecule has 1 heterocycles. The summed E-state index contributed by atoms with van der Waals surface area (Å²) < 4.78 is 0. The molecule has 0 amide bonds. The maximum absolute atomic E-state index is 11.6. The number of ketones is 1. The van der Waals surface area contributed by atoms with Crippen molar-refractivity contribution in [2.75, 3.05) is 32.1 Å². The van der Waals surface area contributed by atoms with Crippen molar-refractivity contribution >= 4 is 11.5 Å². The van der Waals surface area contributed by atoms with Gasteiger partial charge in [0.1, 0.15) is 0 Å². The van der Waals surface area contributed by atoms with Gasteiger partial charge in [0.15, 0.2) is 5.78 Å². The van der Waals surface area contributed by atoms with Crippen LogP contribution in [0.3, 0.4) is 0 Å². The maximum atomic E-state index is 11.6. The minimum Gasteiger partial charge on any atom is -0.391 e. The molecule has 2 atom stereocenters. The Bertz CT molecular complexity index is 456. The predicted octanol–water partition coefficient (Wildman–Crippen LogP) is 1.78. The summed E-state index contributed by atoms with van der Waals surface area (Å²) >= 11 is 0. The van der Waals surface area contributed by atoms with Gasteiger partial charge < -0.3 is 14.9 Å². The first-order valence-electron chi connectivity index (χ1n) is 7.24. The van der Waals surface area contributed by atoms with Crippen LogP contribution in [0.1, 0.15) is 30.1 Å². The Morgan fingerprint density at radius 2 is 2.00 bits per heavy atom. The van der Waals surface area contributed by atoms with Crippen molar-refractivity contribution in [3.05, 3.63) is 29.8 Å². The van der Waals surface area contributed by atoms with Crippen molar-refractivity contribution in [2.24, 2.45) is 0 Å². The number of hydrogen-bond acceptors (Lipinski definition) is 4. The van der Waals surface area contributed by atoms with Crippen LogP contribution >= 0.6 is 0 Å². The molecule has 0 bridgehead atoms. The molecule has 2 rings (SSSR count). The molecule has 4 nitrogen and oxygen atoms in total. The highest BCUT2D eigenvalue weighted by atomic mass is 16.3. The summed E-state index contributed by atoms with van der Waals surface area (Å²) in [6.07, 6.45) is 1.07. The molecule has 0 aliphatic carbocycles. The number of aliphatic hydroxyl groups excluding tert-OH is 1. The van der Waals surface area contributed by atoms with Gasteiger partial charge in [-0.15, -0.1) is 0 Å². The summed E-state index contributed by atoms with van der Waals surface area (Å²) in [6, 6.07) is 8.08. The van der Waals surface area contributed by atoms with Gasteiger partial charge in [0.25, 0.3) is 0 Å². The van der Waals surface area contributed by atoms with E-state index < -0.39 is 0 Å². The SMILES string of the molecule is CCC(=O)c1ccc(N2CC(O)CC2CN(C)C)cc1. The zero-order chi connectivity index (χ0) is 14.7. The predicted molar refractivity (Wildman–Crippen MR) is 81.4 cm³/mol. The van der Waals surface area contributed by atoms with Crippen molar-refractivity contribution in [1.82, 2.24) is 4.90 Å². The first kappa shape index (κ1) is 15.0. The smallest absolute Gasteiger partial charge is 0.162 e. The highest BCUT2D eigenvalue weighted by Gasteiger charge is 2.31. The Morgan fingerprint density at radius 1 is 1.35 bits per heavy atom. The Morgan fingerprint density at radius 3 is 2.55 bits per heavy atom. The molecule has 1 aliphatic heterocycles. The molecule has 2 unspecified atom stereocenters.